The molecule has 1 aliphatic rings. The standard InChI is InChI=1S/C22H37N5O.HI/c1-5-23-22(24-12-14-26(4)18(2)3)25-16-20-15-21(28)27(17-20)13-11-19-9-7-6-8-10-19;/h6-10,18,20H,5,11-17H2,1-4H3,(H2,23,24,25);1H. The number of amides is 1. The molecule has 29 heavy (non-hydrogen) atoms. The largest absolute Gasteiger partial charge is 0.357 e. The SMILES string of the molecule is CCNC(=NCC1CC(=O)N(CCc2ccccc2)C1)NCCN(C)C(C)C.I. The van der Waals surface area contributed by atoms with Crippen LogP contribution in [0.1, 0.15) is 32.8 Å². The van der Waals surface area contributed by atoms with Crippen LogP contribution in [0.15, 0.2) is 35.3 Å². The molecule has 164 valence electrons. The second kappa shape index (κ2) is 13.8. The highest BCUT2D eigenvalue weighted by molar-refractivity contribution is 14.0. The predicted molar refractivity (Wildman–Crippen MR) is 132 cm³/mol. The van der Waals surface area contributed by atoms with Crippen LogP contribution in [-0.2, 0) is 11.2 Å². The highest BCUT2D eigenvalue weighted by atomic mass is 127. The predicted octanol–water partition coefficient (Wildman–Crippen LogP) is 2.59. The number of nitrogens with one attached hydrogen (secondary N) is 2. The molecule has 0 aromatic heterocycles. The van der Waals surface area contributed by atoms with Gasteiger partial charge in [0, 0.05) is 57.6 Å². The Hall–Kier alpha value is -1.35. The zero-order chi connectivity index (χ0) is 20.4. The Bertz CT molecular complexity index is 623. The minimum atomic E-state index is 0. The van der Waals surface area contributed by atoms with E-state index in [1.54, 1.807) is 0 Å². The van der Waals surface area contributed by atoms with E-state index in [4.69, 9.17) is 4.99 Å². The molecule has 0 aliphatic carbocycles. The lowest BCUT2D eigenvalue weighted by atomic mass is 10.1. The molecule has 0 spiro atoms. The summed E-state index contributed by atoms with van der Waals surface area (Å²) < 4.78 is 0. The first-order valence-corrected chi connectivity index (χ1v) is 10.5. The summed E-state index contributed by atoms with van der Waals surface area (Å²) in [7, 11) is 2.13. The van der Waals surface area contributed by atoms with Crippen LogP contribution in [0.2, 0.25) is 0 Å². The molecule has 0 radical (unpaired) electrons. The van der Waals surface area contributed by atoms with Crippen LogP contribution >= 0.6 is 24.0 Å². The van der Waals surface area contributed by atoms with Crippen molar-refractivity contribution in [2.45, 2.75) is 39.7 Å². The van der Waals surface area contributed by atoms with Crippen LogP contribution in [0.4, 0.5) is 0 Å². The van der Waals surface area contributed by atoms with E-state index in [0.29, 0.717) is 24.9 Å². The van der Waals surface area contributed by atoms with Crippen molar-refractivity contribution >= 4 is 35.8 Å². The number of rotatable bonds is 10. The van der Waals surface area contributed by atoms with Gasteiger partial charge in [-0.3, -0.25) is 9.79 Å². The van der Waals surface area contributed by atoms with Crippen molar-refractivity contribution < 1.29 is 4.79 Å². The molecule has 1 amide bonds. The summed E-state index contributed by atoms with van der Waals surface area (Å²) in [5.41, 5.74) is 1.28. The first-order valence-electron chi connectivity index (χ1n) is 10.5. The van der Waals surface area contributed by atoms with Crippen LogP contribution < -0.4 is 10.6 Å². The summed E-state index contributed by atoms with van der Waals surface area (Å²) in [6.07, 6.45) is 1.52. The average Bonchev–Trinajstić information content (AvgIpc) is 3.04. The Morgan fingerprint density at radius 1 is 1.28 bits per heavy atom. The number of aliphatic imine (C=N–C) groups is 1. The number of carbonyl (C=O) groups is 1. The number of likely N-dealkylation sites (N-methyl/N-ethyl adjacent to an activating group) is 1. The van der Waals surface area contributed by atoms with Gasteiger partial charge in [0.1, 0.15) is 0 Å². The number of nitrogens with zero attached hydrogens (tertiary/aromatic N) is 3. The van der Waals surface area contributed by atoms with Crippen LogP contribution in [-0.4, -0.2) is 74.0 Å². The van der Waals surface area contributed by atoms with E-state index in [2.05, 4.69) is 55.5 Å². The van der Waals surface area contributed by atoms with Gasteiger partial charge < -0.3 is 20.4 Å². The molecule has 1 unspecified atom stereocenters. The fraction of sp³-hybridized carbons (Fsp3) is 0.636. The van der Waals surface area contributed by atoms with Gasteiger partial charge >= 0.3 is 0 Å². The zero-order valence-corrected chi connectivity index (χ0v) is 20.7. The first-order chi connectivity index (χ1) is 13.5. The summed E-state index contributed by atoms with van der Waals surface area (Å²) >= 11 is 0. The lowest BCUT2D eigenvalue weighted by Crippen LogP contribution is -2.42. The number of hydrogen-bond donors (Lipinski definition) is 2. The van der Waals surface area contributed by atoms with Crippen molar-refractivity contribution in [1.82, 2.24) is 20.4 Å². The van der Waals surface area contributed by atoms with E-state index in [9.17, 15) is 4.79 Å². The molecular weight excluding hydrogens is 477 g/mol. The van der Waals surface area contributed by atoms with Crippen LogP contribution in [0, 0.1) is 5.92 Å². The Morgan fingerprint density at radius 3 is 2.66 bits per heavy atom. The van der Waals surface area contributed by atoms with Crippen molar-refractivity contribution in [3.63, 3.8) is 0 Å². The Kier molecular flexibility index (Phi) is 12.2. The lowest BCUT2D eigenvalue weighted by molar-refractivity contribution is -0.127. The van der Waals surface area contributed by atoms with Crippen molar-refractivity contribution in [3.8, 4) is 0 Å². The molecule has 1 fully saturated rings. The normalized spacial score (nSPS) is 17.0. The zero-order valence-electron chi connectivity index (χ0n) is 18.4. The fourth-order valence-corrected chi connectivity index (χ4v) is 3.27. The topological polar surface area (TPSA) is 60.0 Å². The maximum Gasteiger partial charge on any atom is 0.223 e. The average molecular weight is 515 g/mol. The molecule has 1 atom stereocenters. The minimum Gasteiger partial charge on any atom is -0.357 e. The van der Waals surface area contributed by atoms with E-state index in [0.717, 1.165) is 45.1 Å². The summed E-state index contributed by atoms with van der Waals surface area (Å²) in [4.78, 5) is 21.3. The van der Waals surface area contributed by atoms with E-state index >= 15 is 0 Å². The van der Waals surface area contributed by atoms with Crippen molar-refractivity contribution in [1.29, 1.82) is 0 Å². The van der Waals surface area contributed by atoms with Gasteiger partial charge in [-0.15, -0.1) is 24.0 Å². The first kappa shape index (κ1) is 25.7. The molecular formula is C22H38IN5O. The molecule has 1 aliphatic heterocycles. The van der Waals surface area contributed by atoms with E-state index < -0.39 is 0 Å². The third-order valence-corrected chi connectivity index (χ3v) is 5.30. The number of carbonyl (C=O) groups excluding carboxylic acids is 1. The summed E-state index contributed by atoms with van der Waals surface area (Å²) in [5.74, 6) is 1.40. The highest BCUT2D eigenvalue weighted by Crippen LogP contribution is 2.18. The molecule has 7 heteroatoms. The summed E-state index contributed by atoms with van der Waals surface area (Å²) in [6, 6.07) is 10.9. The molecule has 0 saturated carbocycles. The summed E-state index contributed by atoms with van der Waals surface area (Å²) in [5, 5.41) is 6.70. The minimum absolute atomic E-state index is 0. The van der Waals surface area contributed by atoms with E-state index in [1.165, 1.54) is 5.56 Å². The molecule has 1 aromatic carbocycles. The van der Waals surface area contributed by atoms with Crippen molar-refractivity contribution in [2.24, 2.45) is 10.9 Å². The van der Waals surface area contributed by atoms with Gasteiger partial charge in [-0.1, -0.05) is 30.3 Å². The second-order valence-corrected chi connectivity index (χ2v) is 7.87. The van der Waals surface area contributed by atoms with Crippen molar-refractivity contribution in [3.05, 3.63) is 35.9 Å². The molecule has 1 saturated heterocycles. The summed E-state index contributed by atoms with van der Waals surface area (Å²) in [6.45, 7) is 11.4. The monoisotopic (exact) mass is 515 g/mol. The Balaban J connectivity index is 0.00000420. The number of benzene rings is 1. The Morgan fingerprint density at radius 2 is 2.00 bits per heavy atom. The number of guanidine groups is 1. The van der Waals surface area contributed by atoms with Crippen molar-refractivity contribution in [2.75, 3.05) is 46.3 Å². The van der Waals surface area contributed by atoms with Gasteiger partial charge in [-0.05, 0) is 39.8 Å². The molecule has 1 heterocycles. The molecule has 6 nitrogen and oxygen atoms in total. The van der Waals surface area contributed by atoms with E-state index in [1.807, 2.05) is 23.1 Å². The van der Waals surface area contributed by atoms with Crippen LogP contribution in [0.5, 0.6) is 0 Å². The Labute approximate surface area is 193 Å². The van der Waals surface area contributed by atoms with Gasteiger partial charge in [0.15, 0.2) is 5.96 Å². The second-order valence-electron chi connectivity index (χ2n) is 7.87. The van der Waals surface area contributed by atoms with Crippen LogP contribution in [0.25, 0.3) is 0 Å². The molecule has 0 bridgehead atoms. The number of likely N-dealkylation sites (tertiary alicyclic amines) is 1. The lowest BCUT2D eigenvalue weighted by Gasteiger charge is -2.21. The molecule has 2 N–H and O–H groups in total. The maximum atomic E-state index is 12.3. The highest BCUT2D eigenvalue weighted by Gasteiger charge is 2.28. The van der Waals surface area contributed by atoms with Crippen LogP contribution in [0.3, 0.4) is 0 Å². The van der Waals surface area contributed by atoms with Gasteiger partial charge in [0.25, 0.3) is 0 Å². The van der Waals surface area contributed by atoms with Gasteiger partial charge in [-0.25, -0.2) is 0 Å². The van der Waals surface area contributed by atoms with Gasteiger partial charge in [0.2, 0.25) is 5.91 Å². The molecule has 1 aromatic rings. The maximum absolute atomic E-state index is 12.3. The quantitative estimate of drug-likeness (QED) is 0.286. The molecule has 2 rings (SSSR count). The van der Waals surface area contributed by atoms with Gasteiger partial charge in [-0.2, -0.15) is 0 Å². The number of hydrogen-bond acceptors (Lipinski definition) is 3. The fourth-order valence-electron chi connectivity index (χ4n) is 3.27. The third kappa shape index (κ3) is 9.33. The smallest absolute Gasteiger partial charge is 0.223 e. The number of halogens is 1. The third-order valence-electron chi connectivity index (χ3n) is 5.30. The van der Waals surface area contributed by atoms with Gasteiger partial charge in [0.05, 0.1) is 0 Å². The van der Waals surface area contributed by atoms with E-state index in [-0.39, 0.29) is 29.9 Å².